The van der Waals surface area contributed by atoms with Crippen LogP contribution in [0.25, 0.3) is 22.6 Å². The summed E-state index contributed by atoms with van der Waals surface area (Å²) in [5, 5.41) is 2.91. The zero-order valence-corrected chi connectivity index (χ0v) is 21.1. The number of fused-ring (bicyclic) bond motifs is 1. The summed E-state index contributed by atoms with van der Waals surface area (Å²) in [6.45, 7) is 4.38. The smallest absolute Gasteiger partial charge is 0.259 e. The summed E-state index contributed by atoms with van der Waals surface area (Å²) in [5.74, 6) is 1.24. The van der Waals surface area contributed by atoms with Crippen molar-refractivity contribution in [2.24, 2.45) is 0 Å². The Balaban J connectivity index is 1.55. The van der Waals surface area contributed by atoms with Crippen molar-refractivity contribution < 1.29 is 13.9 Å². The predicted molar refractivity (Wildman–Crippen MR) is 134 cm³/mol. The number of hydrogen-bond acceptors (Lipinski definition) is 4. The number of hydrogen-bond donors (Lipinski definition) is 1. The molecule has 4 aromatic rings. The fourth-order valence-corrected chi connectivity index (χ4v) is 4.83. The van der Waals surface area contributed by atoms with Crippen molar-refractivity contribution in [3.05, 3.63) is 74.7 Å². The minimum absolute atomic E-state index is 0.268. The number of rotatable bonds is 6. The minimum atomic E-state index is -0.268. The molecule has 1 atom stereocenters. The van der Waals surface area contributed by atoms with Crippen LogP contribution in [0.3, 0.4) is 0 Å². The molecule has 4 rings (SSSR count). The van der Waals surface area contributed by atoms with Crippen LogP contribution in [-0.4, -0.2) is 18.0 Å². The molecule has 0 spiro atoms. The number of amides is 1. The fraction of sp³-hybridized carbons (Fsp3) is 0.200. The molecule has 164 valence electrons. The van der Waals surface area contributed by atoms with Gasteiger partial charge in [-0.3, -0.25) is 4.79 Å². The van der Waals surface area contributed by atoms with Crippen LogP contribution in [0.4, 0.5) is 5.69 Å². The van der Waals surface area contributed by atoms with Crippen molar-refractivity contribution in [3.63, 3.8) is 0 Å². The molecule has 1 N–H and O–H groups in total. The lowest BCUT2D eigenvalue weighted by Gasteiger charge is -2.12. The zero-order valence-electron chi connectivity index (χ0n) is 17.9. The summed E-state index contributed by atoms with van der Waals surface area (Å²) in [7, 11) is 1.53. The SMILES string of the molecule is CC[C@@H](C)c1ccc2oc(-c3ccc(NC(=O)c4cc(Br)cc(Br)c4OC)cc3)nc2c1. The number of benzene rings is 3. The standard InChI is InChI=1S/C25H22Br2N2O3/c1-4-14(2)16-7-10-22-21(11-16)29-25(32-22)15-5-8-18(9-6-15)28-24(30)19-12-17(26)13-20(27)23(19)31-3/h5-14H,4H2,1-3H3,(H,28,30)/t14-/m1/s1. The molecule has 0 saturated carbocycles. The second kappa shape index (κ2) is 9.46. The number of anilines is 1. The van der Waals surface area contributed by atoms with Crippen LogP contribution >= 0.6 is 31.9 Å². The monoisotopic (exact) mass is 556 g/mol. The van der Waals surface area contributed by atoms with E-state index < -0.39 is 0 Å². The summed E-state index contributed by atoms with van der Waals surface area (Å²) in [4.78, 5) is 17.5. The van der Waals surface area contributed by atoms with Gasteiger partial charge in [-0.25, -0.2) is 4.98 Å². The first-order valence-electron chi connectivity index (χ1n) is 10.2. The minimum Gasteiger partial charge on any atom is -0.495 e. The third kappa shape index (κ3) is 4.59. The quantitative estimate of drug-likeness (QED) is 0.263. The molecule has 1 aromatic heterocycles. The highest BCUT2D eigenvalue weighted by Crippen LogP contribution is 2.33. The number of nitrogens with one attached hydrogen (secondary N) is 1. The molecule has 0 aliphatic heterocycles. The number of aromatic nitrogens is 1. The Morgan fingerprint density at radius 1 is 1.12 bits per heavy atom. The summed E-state index contributed by atoms with van der Waals surface area (Å²) in [5.41, 5.74) is 4.79. The van der Waals surface area contributed by atoms with Gasteiger partial charge in [-0.05, 0) is 82.4 Å². The molecule has 0 unspecified atom stereocenters. The van der Waals surface area contributed by atoms with Crippen LogP contribution < -0.4 is 10.1 Å². The van der Waals surface area contributed by atoms with Gasteiger partial charge in [0, 0.05) is 15.7 Å². The van der Waals surface area contributed by atoms with Crippen LogP contribution in [0, 0.1) is 0 Å². The Kier molecular flexibility index (Phi) is 6.67. The van der Waals surface area contributed by atoms with E-state index in [1.165, 1.54) is 12.7 Å². The van der Waals surface area contributed by atoms with Crippen molar-refractivity contribution in [2.75, 3.05) is 12.4 Å². The molecule has 0 radical (unpaired) electrons. The molecule has 0 bridgehead atoms. The van der Waals surface area contributed by atoms with E-state index in [4.69, 9.17) is 9.15 Å². The Morgan fingerprint density at radius 2 is 1.88 bits per heavy atom. The van der Waals surface area contributed by atoms with Crippen LogP contribution in [0.2, 0.25) is 0 Å². The molecule has 32 heavy (non-hydrogen) atoms. The van der Waals surface area contributed by atoms with E-state index in [1.54, 1.807) is 6.07 Å². The fourth-order valence-electron chi connectivity index (χ4n) is 3.44. The number of nitrogens with zero attached hydrogens (tertiary/aromatic N) is 1. The Bertz CT molecular complexity index is 1280. The maximum atomic E-state index is 12.8. The lowest BCUT2D eigenvalue weighted by atomic mass is 9.98. The van der Waals surface area contributed by atoms with Gasteiger partial charge in [0.05, 0.1) is 17.1 Å². The topological polar surface area (TPSA) is 64.4 Å². The van der Waals surface area contributed by atoms with Gasteiger partial charge >= 0.3 is 0 Å². The number of ether oxygens (including phenoxy) is 1. The highest BCUT2D eigenvalue weighted by Gasteiger charge is 2.17. The van der Waals surface area contributed by atoms with Crippen molar-refractivity contribution in [1.29, 1.82) is 0 Å². The number of carbonyl (C=O) groups is 1. The maximum absolute atomic E-state index is 12.8. The van der Waals surface area contributed by atoms with Crippen LogP contribution in [-0.2, 0) is 0 Å². The van der Waals surface area contributed by atoms with Crippen molar-refractivity contribution in [1.82, 2.24) is 4.98 Å². The van der Waals surface area contributed by atoms with Gasteiger partial charge in [0.2, 0.25) is 5.89 Å². The lowest BCUT2D eigenvalue weighted by molar-refractivity contribution is 0.102. The normalized spacial score (nSPS) is 12.0. The van der Waals surface area contributed by atoms with Crippen LogP contribution in [0.5, 0.6) is 5.75 Å². The summed E-state index contributed by atoms with van der Waals surface area (Å²) >= 11 is 6.84. The van der Waals surface area contributed by atoms with E-state index in [0.717, 1.165) is 27.6 Å². The predicted octanol–water partition coefficient (Wildman–Crippen LogP) is 7.79. The number of halogens is 2. The van der Waals surface area contributed by atoms with Gasteiger partial charge in [0.25, 0.3) is 5.91 Å². The third-order valence-corrected chi connectivity index (χ3v) is 6.49. The molecule has 7 heteroatoms. The largest absolute Gasteiger partial charge is 0.495 e. The average molecular weight is 558 g/mol. The molecule has 0 fully saturated rings. The average Bonchev–Trinajstić information content (AvgIpc) is 3.22. The lowest BCUT2D eigenvalue weighted by Crippen LogP contribution is -2.13. The highest BCUT2D eigenvalue weighted by molar-refractivity contribution is 9.11. The summed E-state index contributed by atoms with van der Waals surface area (Å²) in [6, 6.07) is 17.1. The maximum Gasteiger partial charge on any atom is 0.259 e. The van der Waals surface area contributed by atoms with Gasteiger partial charge in [-0.1, -0.05) is 35.8 Å². The molecular weight excluding hydrogens is 536 g/mol. The van der Waals surface area contributed by atoms with E-state index >= 15 is 0 Å². The number of methoxy groups -OCH3 is 1. The Morgan fingerprint density at radius 3 is 2.56 bits per heavy atom. The molecule has 0 aliphatic carbocycles. The van der Waals surface area contributed by atoms with E-state index in [9.17, 15) is 4.79 Å². The number of oxazole rings is 1. The molecule has 5 nitrogen and oxygen atoms in total. The second-order valence-corrected chi connectivity index (χ2v) is 9.33. The van der Waals surface area contributed by atoms with Crippen LogP contribution in [0.1, 0.15) is 42.1 Å². The van der Waals surface area contributed by atoms with Gasteiger partial charge in [-0.2, -0.15) is 0 Å². The first-order chi connectivity index (χ1) is 15.4. The zero-order chi connectivity index (χ0) is 22.8. The van der Waals surface area contributed by atoms with Crippen molar-refractivity contribution in [2.45, 2.75) is 26.2 Å². The second-order valence-electron chi connectivity index (χ2n) is 7.56. The van der Waals surface area contributed by atoms with Crippen LogP contribution in [0.15, 0.2) is 68.0 Å². The van der Waals surface area contributed by atoms with Gasteiger partial charge in [0.15, 0.2) is 5.58 Å². The molecular formula is C25H22Br2N2O3. The Hall–Kier alpha value is -2.64. The van der Waals surface area contributed by atoms with E-state index in [2.05, 4.69) is 68.1 Å². The molecule has 1 heterocycles. The van der Waals surface area contributed by atoms with Crippen molar-refractivity contribution >= 4 is 54.6 Å². The Labute approximate surface area is 203 Å². The summed E-state index contributed by atoms with van der Waals surface area (Å²) < 4.78 is 12.8. The van der Waals surface area contributed by atoms with E-state index in [0.29, 0.717) is 33.3 Å². The van der Waals surface area contributed by atoms with Gasteiger partial charge in [0.1, 0.15) is 11.3 Å². The van der Waals surface area contributed by atoms with E-state index in [-0.39, 0.29) is 5.91 Å². The number of carbonyl (C=O) groups excluding carboxylic acids is 1. The summed E-state index contributed by atoms with van der Waals surface area (Å²) in [6.07, 6.45) is 1.08. The molecule has 1 amide bonds. The molecule has 3 aromatic carbocycles. The molecule has 0 aliphatic rings. The van der Waals surface area contributed by atoms with Gasteiger partial charge in [-0.15, -0.1) is 0 Å². The third-order valence-electron chi connectivity index (χ3n) is 5.44. The van der Waals surface area contributed by atoms with E-state index in [1.807, 2.05) is 36.4 Å². The van der Waals surface area contributed by atoms with Gasteiger partial charge < -0.3 is 14.5 Å². The first kappa shape index (κ1) is 22.6. The first-order valence-corrected chi connectivity index (χ1v) is 11.8. The van der Waals surface area contributed by atoms with Crippen molar-refractivity contribution in [3.8, 4) is 17.2 Å². The highest BCUT2D eigenvalue weighted by atomic mass is 79.9. The molecule has 0 saturated heterocycles.